The zero-order chi connectivity index (χ0) is 6.74. The third-order valence-electron chi connectivity index (χ3n) is 2.22. The lowest BCUT2D eigenvalue weighted by Crippen LogP contribution is -2.40. The van der Waals surface area contributed by atoms with Gasteiger partial charge in [0.25, 0.3) is 0 Å². The molecule has 1 aliphatic heterocycles. The lowest BCUT2D eigenvalue weighted by Gasteiger charge is -2.27. The Bertz CT molecular complexity index is 101. The molecule has 0 unspecified atom stereocenters. The van der Waals surface area contributed by atoms with Crippen molar-refractivity contribution in [2.45, 2.75) is 20.3 Å². The van der Waals surface area contributed by atoms with Crippen LogP contribution in [0.15, 0.2) is 12.7 Å². The summed E-state index contributed by atoms with van der Waals surface area (Å²) in [5.74, 6) is 0. The van der Waals surface area contributed by atoms with Crippen LogP contribution in [0, 0.1) is 0 Å². The van der Waals surface area contributed by atoms with E-state index in [1.165, 1.54) is 30.4 Å². The summed E-state index contributed by atoms with van der Waals surface area (Å²) in [6.07, 6.45) is 4.85. The van der Waals surface area contributed by atoms with E-state index in [2.05, 4.69) is 13.6 Å². The van der Waals surface area contributed by atoms with E-state index < -0.39 is 0 Å². The summed E-state index contributed by atoms with van der Waals surface area (Å²) >= 11 is 0. The van der Waals surface area contributed by atoms with Crippen LogP contribution < -0.4 is 0 Å². The fraction of sp³-hybridized carbons (Fsp3) is 0.778. The van der Waals surface area contributed by atoms with Crippen LogP contribution in [0.1, 0.15) is 20.3 Å². The molecule has 1 aliphatic rings. The Labute approximate surface area is 64.9 Å². The van der Waals surface area contributed by atoms with Crippen molar-refractivity contribution in [2.75, 3.05) is 26.7 Å². The summed E-state index contributed by atoms with van der Waals surface area (Å²) < 4.78 is 1.23. The van der Waals surface area contributed by atoms with Gasteiger partial charge in [0.15, 0.2) is 0 Å². The van der Waals surface area contributed by atoms with Gasteiger partial charge in [0.05, 0.1) is 26.7 Å². The zero-order valence-corrected chi connectivity index (χ0v) is 6.27. The molecule has 0 atom stereocenters. The van der Waals surface area contributed by atoms with Crippen LogP contribution in [0.2, 0.25) is 0 Å². The molecule has 10 heavy (non-hydrogen) atoms. The molecule has 0 spiro atoms. The van der Waals surface area contributed by atoms with Crippen molar-refractivity contribution in [3.05, 3.63) is 12.7 Å². The second-order valence-corrected chi connectivity index (χ2v) is 3.25. The molecule has 1 fully saturated rings. The van der Waals surface area contributed by atoms with Crippen molar-refractivity contribution < 1.29 is 4.48 Å². The van der Waals surface area contributed by atoms with Crippen molar-refractivity contribution in [3.8, 4) is 0 Å². The molecule has 0 aromatic carbocycles. The summed E-state index contributed by atoms with van der Waals surface area (Å²) in [5.41, 5.74) is 0. The molecule has 0 aromatic rings. The van der Waals surface area contributed by atoms with E-state index in [9.17, 15) is 0 Å². The number of hydrogen-bond acceptors (Lipinski definition) is 0. The fourth-order valence-corrected chi connectivity index (χ4v) is 1.59. The minimum absolute atomic E-state index is 0. The van der Waals surface area contributed by atoms with Gasteiger partial charge in [-0.1, -0.05) is 14.0 Å². The van der Waals surface area contributed by atoms with Gasteiger partial charge in [0.2, 0.25) is 0 Å². The number of quaternary nitrogens is 1. The maximum atomic E-state index is 3.75. The molecule has 0 N–H and O–H groups in total. The first-order valence-electron chi connectivity index (χ1n) is 3.71. The van der Waals surface area contributed by atoms with E-state index >= 15 is 0 Å². The molecule has 60 valence electrons. The largest absolute Gasteiger partial charge is 0.323 e. The second-order valence-electron chi connectivity index (χ2n) is 3.25. The van der Waals surface area contributed by atoms with Crippen LogP contribution >= 0.6 is 0 Å². The van der Waals surface area contributed by atoms with Crippen LogP contribution in [0.5, 0.6) is 0 Å². The van der Waals surface area contributed by atoms with Crippen LogP contribution in [-0.2, 0) is 0 Å². The molecule has 0 bridgehead atoms. The smallest absolute Gasteiger partial charge is 0.0969 e. The maximum absolute atomic E-state index is 3.75. The van der Waals surface area contributed by atoms with E-state index in [1.807, 2.05) is 6.08 Å². The van der Waals surface area contributed by atoms with E-state index in [-0.39, 0.29) is 7.43 Å². The molecule has 1 rings (SSSR count). The van der Waals surface area contributed by atoms with Gasteiger partial charge in [-0.2, -0.15) is 0 Å². The summed E-state index contributed by atoms with van der Waals surface area (Å²) in [5, 5.41) is 0. The van der Waals surface area contributed by atoms with E-state index in [0.29, 0.717) is 0 Å². The molecule has 1 heteroatoms. The molecule has 0 radical (unpaired) electrons. The van der Waals surface area contributed by atoms with Crippen LogP contribution in [0.4, 0.5) is 0 Å². The standard InChI is InChI=1S/C8H16N.CH4/c1-3-6-9(2)7-4-5-8-9;/h3H,1,4-8H2,2H3;1H4/q+1;. The lowest BCUT2D eigenvalue weighted by atomic mass is 10.4. The molecule has 1 heterocycles. The SMILES string of the molecule is C.C=CC[N+]1(C)CCCC1. The van der Waals surface area contributed by atoms with Gasteiger partial charge in [-0.25, -0.2) is 0 Å². The van der Waals surface area contributed by atoms with E-state index in [0.717, 1.165) is 6.54 Å². The van der Waals surface area contributed by atoms with Crippen molar-refractivity contribution in [1.82, 2.24) is 0 Å². The summed E-state index contributed by atoms with van der Waals surface area (Å²) in [4.78, 5) is 0. The molecule has 1 saturated heterocycles. The minimum Gasteiger partial charge on any atom is -0.323 e. The Morgan fingerprint density at radius 3 is 2.30 bits per heavy atom. The van der Waals surface area contributed by atoms with Gasteiger partial charge in [-0.05, 0) is 6.08 Å². The van der Waals surface area contributed by atoms with Gasteiger partial charge in [0.1, 0.15) is 0 Å². The van der Waals surface area contributed by atoms with Crippen LogP contribution in [0.25, 0.3) is 0 Å². The maximum Gasteiger partial charge on any atom is 0.0969 e. The number of rotatable bonds is 2. The number of likely N-dealkylation sites (tertiary alicyclic amines) is 1. The number of likely N-dealkylation sites (N-methyl/N-ethyl adjacent to an activating group) is 1. The van der Waals surface area contributed by atoms with Gasteiger partial charge in [0, 0.05) is 12.8 Å². The quantitative estimate of drug-likeness (QED) is 0.409. The Hall–Kier alpha value is -0.300. The van der Waals surface area contributed by atoms with Gasteiger partial charge in [-0.15, -0.1) is 0 Å². The average molecular weight is 142 g/mol. The topological polar surface area (TPSA) is 0 Å². The molecule has 0 amide bonds. The van der Waals surface area contributed by atoms with Crippen molar-refractivity contribution in [3.63, 3.8) is 0 Å². The zero-order valence-electron chi connectivity index (χ0n) is 6.27. The molecule has 0 saturated carbocycles. The first-order valence-corrected chi connectivity index (χ1v) is 3.71. The Balaban J connectivity index is 0.000000810. The number of hydrogen-bond donors (Lipinski definition) is 0. The van der Waals surface area contributed by atoms with Crippen molar-refractivity contribution in [2.24, 2.45) is 0 Å². The normalized spacial score (nSPS) is 21.7. The van der Waals surface area contributed by atoms with Crippen LogP contribution in [-0.4, -0.2) is 31.2 Å². The summed E-state index contributed by atoms with van der Waals surface area (Å²) in [6.45, 7) is 7.61. The van der Waals surface area contributed by atoms with Crippen molar-refractivity contribution >= 4 is 0 Å². The second kappa shape index (κ2) is 3.77. The fourth-order valence-electron chi connectivity index (χ4n) is 1.59. The number of nitrogens with zero attached hydrogens (tertiary/aromatic N) is 1. The summed E-state index contributed by atoms with van der Waals surface area (Å²) in [7, 11) is 2.31. The molecular weight excluding hydrogens is 122 g/mol. The summed E-state index contributed by atoms with van der Waals surface area (Å²) in [6, 6.07) is 0. The van der Waals surface area contributed by atoms with Crippen molar-refractivity contribution in [1.29, 1.82) is 0 Å². The predicted molar refractivity (Wildman–Crippen MR) is 46.9 cm³/mol. The van der Waals surface area contributed by atoms with Gasteiger partial charge in [-0.3, -0.25) is 0 Å². The third kappa shape index (κ3) is 2.14. The highest BCUT2D eigenvalue weighted by atomic mass is 15.3. The predicted octanol–water partition coefficient (Wildman–Crippen LogP) is 2.05. The molecule has 0 aromatic heterocycles. The van der Waals surface area contributed by atoms with E-state index in [1.54, 1.807) is 0 Å². The molecule has 0 aliphatic carbocycles. The van der Waals surface area contributed by atoms with Gasteiger partial charge >= 0.3 is 0 Å². The Morgan fingerprint density at radius 1 is 1.40 bits per heavy atom. The Kier molecular flexibility index (Phi) is 3.66. The van der Waals surface area contributed by atoms with Gasteiger partial charge < -0.3 is 4.48 Å². The highest BCUT2D eigenvalue weighted by Crippen LogP contribution is 2.15. The Morgan fingerprint density at radius 2 is 1.90 bits per heavy atom. The first-order chi connectivity index (χ1) is 4.27. The van der Waals surface area contributed by atoms with Crippen LogP contribution in [0.3, 0.4) is 0 Å². The highest BCUT2D eigenvalue weighted by Gasteiger charge is 2.24. The average Bonchev–Trinajstić information content (AvgIpc) is 2.16. The monoisotopic (exact) mass is 142 g/mol. The lowest BCUT2D eigenvalue weighted by molar-refractivity contribution is -0.891. The van der Waals surface area contributed by atoms with E-state index in [4.69, 9.17) is 0 Å². The molecule has 1 nitrogen and oxygen atoms in total. The minimum atomic E-state index is 0. The highest BCUT2D eigenvalue weighted by molar-refractivity contribution is 4.67. The first kappa shape index (κ1) is 9.70. The third-order valence-corrected chi connectivity index (χ3v) is 2.22. The molecular formula is C9H20N+.